The van der Waals surface area contributed by atoms with E-state index in [1.54, 1.807) is 0 Å². The van der Waals surface area contributed by atoms with E-state index in [-0.39, 0.29) is 0 Å². The Labute approximate surface area is 64.6 Å². The summed E-state index contributed by atoms with van der Waals surface area (Å²) in [5.74, 6) is 0.459. The average molecular weight is 137 g/mol. The summed E-state index contributed by atoms with van der Waals surface area (Å²) in [6.07, 6.45) is 7.42. The largest absolute Gasteiger partial charge is 0.0916 e. The molecule has 0 nitrogen and oxygen atoms in total. The van der Waals surface area contributed by atoms with Crippen LogP contribution in [0.15, 0.2) is 23.8 Å². The van der Waals surface area contributed by atoms with Crippen LogP contribution in [-0.4, -0.2) is 0 Å². The highest BCUT2D eigenvalue weighted by atomic mass is 14.0. The van der Waals surface area contributed by atoms with Gasteiger partial charge in [0.25, 0.3) is 0 Å². The van der Waals surface area contributed by atoms with Crippen molar-refractivity contribution < 1.29 is 0 Å². The number of hydrogen-bond acceptors (Lipinski definition) is 0. The van der Waals surface area contributed by atoms with Crippen molar-refractivity contribution >= 4 is 0 Å². The van der Waals surface area contributed by atoms with E-state index in [2.05, 4.69) is 39.0 Å². The molecule has 0 heteroatoms. The van der Waals surface area contributed by atoms with E-state index >= 15 is 0 Å². The Bertz CT molecular complexity index is 129. The number of allylic oxidation sites excluding steroid dienone is 4. The minimum Gasteiger partial charge on any atom is -0.0916 e. The smallest absolute Gasteiger partial charge is 0.0171 e. The van der Waals surface area contributed by atoms with Gasteiger partial charge in [0.2, 0.25) is 0 Å². The first-order valence-electron chi connectivity index (χ1n) is 3.79. The fourth-order valence-electron chi connectivity index (χ4n) is 0.722. The SMILES string of the molecule is [CH2]C(CC=CC)C(C)=CC. The molecule has 10 heavy (non-hydrogen) atoms. The lowest BCUT2D eigenvalue weighted by molar-refractivity contribution is 0.768. The van der Waals surface area contributed by atoms with Crippen LogP contribution in [0.2, 0.25) is 0 Å². The molecule has 0 bridgehead atoms. The molecule has 1 unspecified atom stereocenters. The first-order valence-corrected chi connectivity index (χ1v) is 3.79. The van der Waals surface area contributed by atoms with E-state index in [1.165, 1.54) is 5.57 Å². The van der Waals surface area contributed by atoms with Crippen molar-refractivity contribution in [2.45, 2.75) is 27.2 Å². The van der Waals surface area contributed by atoms with Gasteiger partial charge in [-0.2, -0.15) is 0 Å². The molecule has 0 aliphatic heterocycles. The maximum atomic E-state index is 4.03. The van der Waals surface area contributed by atoms with Gasteiger partial charge in [-0.1, -0.05) is 23.8 Å². The van der Waals surface area contributed by atoms with Crippen LogP contribution in [0.4, 0.5) is 0 Å². The van der Waals surface area contributed by atoms with E-state index < -0.39 is 0 Å². The molecule has 0 aromatic rings. The summed E-state index contributed by atoms with van der Waals surface area (Å²) in [6.45, 7) is 10.3. The van der Waals surface area contributed by atoms with Gasteiger partial charge >= 0.3 is 0 Å². The third-order valence-corrected chi connectivity index (χ3v) is 1.76. The van der Waals surface area contributed by atoms with Crippen LogP contribution in [0.3, 0.4) is 0 Å². The molecular formula is C10H17. The van der Waals surface area contributed by atoms with Crippen molar-refractivity contribution in [1.29, 1.82) is 0 Å². The summed E-state index contributed by atoms with van der Waals surface area (Å²) >= 11 is 0. The number of rotatable bonds is 3. The van der Waals surface area contributed by atoms with Gasteiger partial charge in [-0.15, -0.1) is 0 Å². The molecular weight excluding hydrogens is 120 g/mol. The van der Waals surface area contributed by atoms with Crippen molar-refractivity contribution in [3.05, 3.63) is 30.7 Å². The summed E-state index contributed by atoms with van der Waals surface area (Å²) in [5.41, 5.74) is 1.37. The van der Waals surface area contributed by atoms with Crippen molar-refractivity contribution in [1.82, 2.24) is 0 Å². The summed E-state index contributed by atoms with van der Waals surface area (Å²) < 4.78 is 0. The zero-order valence-electron chi connectivity index (χ0n) is 7.22. The minimum atomic E-state index is 0.459. The monoisotopic (exact) mass is 137 g/mol. The molecule has 57 valence electrons. The summed E-state index contributed by atoms with van der Waals surface area (Å²) in [5, 5.41) is 0. The summed E-state index contributed by atoms with van der Waals surface area (Å²) in [7, 11) is 0. The molecule has 1 atom stereocenters. The Morgan fingerprint density at radius 3 is 2.50 bits per heavy atom. The highest BCUT2D eigenvalue weighted by Gasteiger charge is 1.98. The Hall–Kier alpha value is -0.520. The van der Waals surface area contributed by atoms with Gasteiger partial charge in [-0.05, 0) is 40.0 Å². The topological polar surface area (TPSA) is 0 Å². The molecule has 0 aromatic heterocycles. The summed E-state index contributed by atoms with van der Waals surface area (Å²) in [6, 6.07) is 0. The Kier molecular flexibility index (Phi) is 5.00. The Morgan fingerprint density at radius 2 is 2.10 bits per heavy atom. The number of hydrogen-bond donors (Lipinski definition) is 0. The highest BCUT2D eigenvalue weighted by molar-refractivity contribution is 5.05. The molecule has 0 aromatic carbocycles. The molecule has 0 aliphatic rings. The molecule has 0 saturated carbocycles. The van der Waals surface area contributed by atoms with Crippen LogP contribution in [0, 0.1) is 12.8 Å². The van der Waals surface area contributed by atoms with Crippen molar-refractivity contribution in [2.24, 2.45) is 5.92 Å². The standard InChI is InChI=1S/C10H17/c1-5-7-8-10(4)9(3)6-2/h5-7,10H,4,8H2,1-3H3. The van der Waals surface area contributed by atoms with Gasteiger partial charge in [0.15, 0.2) is 0 Å². The van der Waals surface area contributed by atoms with Crippen molar-refractivity contribution in [3.63, 3.8) is 0 Å². The normalized spacial score (nSPS) is 16.2. The molecule has 0 saturated heterocycles. The summed E-state index contributed by atoms with van der Waals surface area (Å²) in [4.78, 5) is 0. The first-order chi connectivity index (χ1) is 4.72. The third kappa shape index (κ3) is 3.49. The Morgan fingerprint density at radius 1 is 1.50 bits per heavy atom. The fourth-order valence-corrected chi connectivity index (χ4v) is 0.722. The van der Waals surface area contributed by atoms with Gasteiger partial charge in [0, 0.05) is 0 Å². The Balaban J connectivity index is 3.73. The minimum absolute atomic E-state index is 0.459. The molecule has 0 spiro atoms. The predicted molar refractivity (Wildman–Crippen MR) is 47.7 cm³/mol. The van der Waals surface area contributed by atoms with E-state index in [0.29, 0.717) is 5.92 Å². The van der Waals surface area contributed by atoms with Gasteiger partial charge in [-0.25, -0.2) is 0 Å². The van der Waals surface area contributed by atoms with Crippen LogP contribution in [0.5, 0.6) is 0 Å². The van der Waals surface area contributed by atoms with Gasteiger partial charge in [0.05, 0.1) is 0 Å². The van der Waals surface area contributed by atoms with E-state index in [0.717, 1.165) is 6.42 Å². The molecule has 0 aliphatic carbocycles. The zero-order chi connectivity index (χ0) is 7.98. The third-order valence-electron chi connectivity index (χ3n) is 1.76. The molecule has 1 radical (unpaired) electrons. The van der Waals surface area contributed by atoms with Gasteiger partial charge < -0.3 is 0 Å². The maximum Gasteiger partial charge on any atom is -0.0171 e. The van der Waals surface area contributed by atoms with E-state index in [1.807, 2.05) is 6.92 Å². The second-order valence-corrected chi connectivity index (χ2v) is 2.53. The van der Waals surface area contributed by atoms with Gasteiger partial charge in [0.1, 0.15) is 0 Å². The predicted octanol–water partition coefficient (Wildman–Crippen LogP) is 3.37. The van der Waals surface area contributed by atoms with Crippen molar-refractivity contribution in [3.8, 4) is 0 Å². The second-order valence-electron chi connectivity index (χ2n) is 2.53. The first kappa shape index (κ1) is 9.48. The van der Waals surface area contributed by atoms with Gasteiger partial charge in [-0.3, -0.25) is 0 Å². The van der Waals surface area contributed by atoms with E-state index in [9.17, 15) is 0 Å². The highest BCUT2D eigenvalue weighted by Crippen LogP contribution is 2.13. The van der Waals surface area contributed by atoms with E-state index in [4.69, 9.17) is 0 Å². The molecule has 0 fully saturated rings. The lowest BCUT2D eigenvalue weighted by Gasteiger charge is -2.07. The molecule has 0 N–H and O–H groups in total. The van der Waals surface area contributed by atoms with Crippen LogP contribution in [0.25, 0.3) is 0 Å². The van der Waals surface area contributed by atoms with Crippen LogP contribution >= 0.6 is 0 Å². The quantitative estimate of drug-likeness (QED) is 0.523. The molecule has 0 amide bonds. The van der Waals surface area contributed by atoms with Crippen LogP contribution in [-0.2, 0) is 0 Å². The second kappa shape index (κ2) is 5.28. The lowest BCUT2D eigenvalue weighted by atomic mass is 9.99. The fraction of sp³-hybridized carbons (Fsp3) is 0.500. The van der Waals surface area contributed by atoms with Crippen molar-refractivity contribution in [2.75, 3.05) is 0 Å². The lowest BCUT2D eigenvalue weighted by Crippen LogP contribution is -1.93. The zero-order valence-corrected chi connectivity index (χ0v) is 7.22. The van der Waals surface area contributed by atoms with Crippen LogP contribution < -0.4 is 0 Å². The van der Waals surface area contributed by atoms with Crippen LogP contribution in [0.1, 0.15) is 27.2 Å². The average Bonchev–Trinajstić information content (AvgIpc) is 1.98. The maximum absolute atomic E-state index is 4.03. The molecule has 0 heterocycles. The molecule has 0 rings (SSSR count).